The topological polar surface area (TPSA) is 129 Å². The molecule has 252 valence electrons. The molecule has 2 amide bonds. The number of ether oxygens (including phenoxy) is 2. The van der Waals surface area contributed by atoms with Gasteiger partial charge in [-0.05, 0) is 88.3 Å². The van der Waals surface area contributed by atoms with Crippen molar-refractivity contribution in [1.29, 1.82) is 0 Å². The number of aliphatic hydroxyl groups is 3. The summed E-state index contributed by atoms with van der Waals surface area (Å²) in [5.74, 6) is -0.902. The van der Waals surface area contributed by atoms with Gasteiger partial charge < -0.3 is 35.0 Å². The molecule has 0 fully saturated rings. The van der Waals surface area contributed by atoms with Gasteiger partial charge in [0.05, 0.1) is 35.5 Å². The molecule has 0 radical (unpaired) electrons. The quantitative estimate of drug-likeness (QED) is 0.192. The number of hydrogen-bond donors (Lipinski definition) is 4. The van der Waals surface area contributed by atoms with Crippen molar-refractivity contribution in [2.75, 3.05) is 20.3 Å². The van der Waals surface area contributed by atoms with E-state index in [1.807, 2.05) is 22.6 Å². The number of methoxy groups -OCH3 is 1. The molecule has 47 heavy (non-hydrogen) atoms. The number of halogens is 6. The first-order valence-corrected chi connectivity index (χ1v) is 15.9. The van der Waals surface area contributed by atoms with Crippen LogP contribution in [0.3, 0.4) is 0 Å². The van der Waals surface area contributed by atoms with Gasteiger partial charge in [-0.25, -0.2) is 0 Å². The summed E-state index contributed by atoms with van der Waals surface area (Å²) in [5.41, 5.74) is 0.0108. The number of carbonyl (C=O) groups excluding carboxylic acids is 2. The Morgan fingerprint density at radius 3 is 2.38 bits per heavy atom. The number of nitrogens with zero attached hydrogens (tertiary/aromatic N) is 1. The van der Waals surface area contributed by atoms with E-state index in [0.717, 1.165) is 24.3 Å². The third-order valence-corrected chi connectivity index (χ3v) is 8.80. The lowest BCUT2D eigenvalue weighted by molar-refractivity contribution is -0.137. The summed E-state index contributed by atoms with van der Waals surface area (Å²) in [5, 5.41) is 33.8. The van der Waals surface area contributed by atoms with Gasteiger partial charge in [0.15, 0.2) is 11.5 Å². The van der Waals surface area contributed by atoms with Crippen molar-refractivity contribution in [2.24, 2.45) is 0 Å². The molecule has 3 aromatic carbocycles. The van der Waals surface area contributed by atoms with Gasteiger partial charge in [-0.15, -0.1) is 0 Å². The van der Waals surface area contributed by atoms with E-state index >= 15 is 0 Å². The molecule has 0 aromatic heterocycles. The summed E-state index contributed by atoms with van der Waals surface area (Å²) in [7, 11) is 1.39. The van der Waals surface area contributed by atoms with Gasteiger partial charge in [0.25, 0.3) is 5.91 Å². The monoisotopic (exact) mass is 808 g/mol. The number of carbonyl (C=O) groups is 2. The van der Waals surface area contributed by atoms with E-state index in [-0.39, 0.29) is 60.4 Å². The highest BCUT2D eigenvalue weighted by Crippen LogP contribution is 2.38. The Kier molecular flexibility index (Phi) is 12.4. The molecule has 3 unspecified atom stereocenters. The molecule has 1 aliphatic rings. The molecule has 15 heteroatoms. The van der Waals surface area contributed by atoms with Gasteiger partial charge in [-0.2, -0.15) is 13.2 Å². The van der Waals surface area contributed by atoms with Gasteiger partial charge in [0, 0.05) is 40.7 Å². The largest absolute Gasteiger partial charge is 0.493 e. The molecule has 0 bridgehead atoms. The Morgan fingerprint density at radius 1 is 1.09 bits per heavy atom. The lowest BCUT2D eigenvalue weighted by Gasteiger charge is -2.41. The van der Waals surface area contributed by atoms with Crippen molar-refractivity contribution in [2.45, 2.75) is 44.0 Å². The highest BCUT2D eigenvalue weighted by molar-refractivity contribution is 14.1. The average Bonchev–Trinajstić information content (AvgIpc) is 3.04. The first kappa shape index (κ1) is 36.8. The van der Waals surface area contributed by atoms with Crippen LogP contribution in [0.4, 0.5) is 13.2 Å². The van der Waals surface area contributed by atoms with Crippen LogP contribution >= 0.6 is 45.8 Å². The van der Waals surface area contributed by atoms with Crippen molar-refractivity contribution in [3.05, 3.63) is 102 Å². The standard InChI is InChI=1S/C32H30Cl2F3IN2O7/c1-46-27-11-17(16-42)10-24(38)29(27)47-26-13-20(30(44)39-8-9-41)12-25(28(26)43)40(15-19-4-7-22(33)14-23(19)34)31(45)18-2-5-21(6-3-18)32(35,36)37/h2-7,10-11,13-14,25-26,28,41-43H,8-9,12,15-16H2,1H3,(H,39,44). The zero-order chi connectivity index (χ0) is 34.5. The Balaban J connectivity index is 1.81. The Hall–Kier alpha value is -3.08. The highest BCUT2D eigenvalue weighted by Gasteiger charge is 2.41. The SMILES string of the molecule is COc1cc(CO)cc(I)c1OC1C=C(C(=O)NCCO)CC(N(Cc2ccc(Cl)cc2Cl)C(=O)c2ccc(C(F)(F)F)cc2)C1O. The first-order chi connectivity index (χ1) is 22.3. The van der Waals surface area contributed by atoms with Gasteiger partial charge >= 0.3 is 6.18 Å². The molecule has 0 heterocycles. The number of benzene rings is 3. The van der Waals surface area contributed by atoms with Crippen LogP contribution in [0.15, 0.2) is 66.2 Å². The molecule has 1 aliphatic carbocycles. The summed E-state index contributed by atoms with van der Waals surface area (Å²) in [6.07, 6.45) is -6.13. The maximum atomic E-state index is 14.1. The Labute approximate surface area is 292 Å². The van der Waals surface area contributed by atoms with E-state index in [2.05, 4.69) is 5.32 Å². The van der Waals surface area contributed by atoms with Crippen molar-refractivity contribution < 1.29 is 47.6 Å². The fourth-order valence-electron chi connectivity index (χ4n) is 5.04. The minimum atomic E-state index is -4.63. The van der Waals surface area contributed by atoms with Gasteiger partial charge in [-0.3, -0.25) is 9.59 Å². The number of amides is 2. The van der Waals surface area contributed by atoms with Gasteiger partial charge in [0.1, 0.15) is 12.2 Å². The number of hydrogen-bond acceptors (Lipinski definition) is 7. The molecule has 4 N–H and O–H groups in total. The van der Waals surface area contributed by atoms with Gasteiger partial charge in [0.2, 0.25) is 5.91 Å². The van der Waals surface area contributed by atoms with E-state index in [1.54, 1.807) is 24.3 Å². The van der Waals surface area contributed by atoms with Crippen LogP contribution in [0.5, 0.6) is 11.5 Å². The normalized spacial score (nSPS) is 17.9. The Morgan fingerprint density at radius 2 is 1.79 bits per heavy atom. The van der Waals surface area contributed by atoms with Crippen molar-refractivity contribution in [1.82, 2.24) is 10.2 Å². The van der Waals surface area contributed by atoms with E-state index < -0.39 is 41.8 Å². The highest BCUT2D eigenvalue weighted by atomic mass is 127. The molecule has 4 rings (SSSR count). The third-order valence-electron chi connectivity index (χ3n) is 7.42. The molecular formula is C32H30Cl2F3IN2O7. The molecule has 3 atom stereocenters. The van der Waals surface area contributed by atoms with Crippen molar-refractivity contribution in [3.63, 3.8) is 0 Å². The van der Waals surface area contributed by atoms with E-state index in [4.69, 9.17) is 32.7 Å². The summed E-state index contributed by atoms with van der Waals surface area (Å²) < 4.78 is 52.1. The number of rotatable bonds is 11. The van der Waals surface area contributed by atoms with Crippen LogP contribution in [0.2, 0.25) is 10.0 Å². The molecule has 0 aliphatic heterocycles. The second kappa shape index (κ2) is 15.9. The number of aliphatic hydroxyl groups excluding tert-OH is 3. The van der Waals surface area contributed by atoms with Crippen LogP contribution < -0.4 is 14.8 Å². The lowest BCUT2D eigenvalue weighted by Crippen LogP contribution is -2.54. The summed E-state index contributed by atoms with van der Waals surface area (Å²) >= 11 is 14.5. The zero-order valence-corrected chi connectivity index (χ0v) is 28.4. The number of nitrogens with one attached hydrogen (secondary N) is 1. The Bertz CT molecular complexity index is 1640. The second-order valence-corrected chi connectivity index (χ2v) is 12.5. The van der Waals surface area contributed by atoms with Crippen LogP contribution in [-0.2, 0) is 24.1 Å². The van der Waals surface area contributed by atoms with Gasteiger partial charge in [-0.1, -0.05) is 29.3 Å². The van der Waals surface area contributed by atoms with Crippen molar-refractivity contribution in [3.8, 4) is 11.5 Å². The minimum absolute atomic E-state index is 0.0716. The van der Waals surface area contributed by atoms with E-state index in [0.29, 0.717) is 19.7 Å². The second-order valence-electron chi connectivity index (χ2n) is 10.5. The maximum Gasteiger partial charge on any atom is 0.416 e. The fourth-order valence-corrected chi connectivity index (χ4v) is 6.30. The van der Waals surface area contributed by atoms with Crippen LogP contribution in [-0.4, -0.2) is 70.5 Å². The third kappa shape index (κ3) is 8.89. The zero-order valence-electron chi connectivity index (χ0n) is 24.7. The number of alkyl halides is 3. The summed E-state index contributed by atoms with van der Waals surface area (Å²) in [4.78, 5) is 28.5. The van der Waals surface area contributed by atoms with E-state index in [9.17, 15) is 38.1 Å². The van der Waals surface area contributed by atoms with Crippen molar-refractivity contribution >= 4 is 57.6 Å². The smallest absolute Gasteiger partial charge is 0.416 e. The predicted octanol–water partition coefficient (Wildman–Crippen LogP) is 5.38. The van der Waals surface area contributed by atoms with Crippen LogP contribution in [0, 0.1) is 3.57 Å². The average molecular weight is 809 g/mol. The predicted molar refractivity (Wildman–Crippen MR) is 176 cm³/mol. The maximum absolute atomic E-state index is 14.1. The summed E-state index contributed by atoms with van der Waals surface area (Å²) in [6, 6.07) is 10.2. The van der Waals surface area contributed by atoms with E-state index in [1.165, 1.54) is 24.2 Å². The summed E-state index contributed by atoms with van der Waals surface area (Å²) in [6.45, 7) is -0.908. The van der Waals surface area contributed by atoms with Crippen LogP contribution in [0.25, 0.3) is 0 Å². The molecule has 0 spiro atoms. The molecule has 0 saturated heterocycles. The van der Waals surface area contributed by atoms with Crippen LogP contribution in [0.1, 0.15) is 33.5 Å². The fraction of sp³-hybridized carbons (Fsp3) is 0.312. The molecule has 9 nitrogen and oxygen atoms in total. The minimum Gasteiger partial charge on any atom is -0.493 e. The molecule has 3 aromatic rings. The lowest BCUT2D eigenvalue weighted by atomic mass is 9.87. The first-order valence-electron chi connectivity index (χ1n) is 14.1. The molecular weight excluding hydrogens is 779 g/mol. The molecule has 0 saturated carbocycles.